The van der Waals surface area contributed by atoms with E-state index in [1.54, 1.807) is 0 Å². The molecule has 0 aliphatic carbocycles. The van der Waals surface area contributed by atoms with Crippen LogP contribution in [0, 0.1) is 6.92 Å². The number of rotatable bonds is 4. The Morgan fingerprint density at radius 2 is 1.86 bits per heavy atom. The lowest BCUT2D eigenvalue weighted by molar-refractivity contribution is 0.107. The van der Waals surface area contributed by atoms with Crippen molar-refractivity contribution in [3.05, 3.63) is 35.4 Å². The van der Waals surface area contributed by atoms with Crippen molar-refractivity contribution in [1.29, 1.82) is 0 Å². The molecule has 5 heteroatoms. The number of hydrogen-bond donors (Lipinski definition) is 1. The van der Waals surface area contributed by atoms with Gasteiger partial charge in [-0.25, -0.2) is 4.79 Å². The van der Waals surface area contributed by atoms with Crippen LogP contribution in [0.2, 0.25) is 0 Å². The Kier molecular flexibility index (Phi) is 5.59. The van der Waals surface area contributed by atoms with E-state index >= 15 is 0 Å². The van der Waals surface area contributed by atoms with E-state index in [1.807, 2.05) is 0 Å². The third-order valence-corrected chi connectivity index (χ3v) is 4.07. The zero-order valence-corrected chi connectivity index (χ0v) is 13.1. The quantitative estimate of drug-likeness (QED) is 0.916. The van der Waals surface area contributed by atoms with Gasteiger partial charge in [-0.05, 0) is 19.5 Å². The minimum Gasteiger partial charge on any atom is -0.453 e. The van der Waals surface area contributed by atoms with Crippen molar-refractivity contribution in [2.45, 2.75) is 13.0 Å². The van der Waals surface area contributed by atoms with Crippen LogP contribution in [0.25, 0.3) is 0 Å². The van der Waals surface area contributed by atoms with Gasteiger partial charge in [0.2, 0.25) is 0 Å². The van der Waals surface area contributed by atoms with Crippen LogP contribution in [0.3, 0.4) is 0 Å². The molecule has 0 radical (unpaired) electrons. The number of amides is 1. The number of aryl methyl sites for hydroxylation is 1. The fourth-order valence-electron chi connectivity index (χ4n) is 2.63. The molecule has 1 aromatic carbocycles. The summed E-state index contributed by atoms with van der Waals surface area (Å²) in [5.41, 5.74) is 2.48. The Morgan fingerprint density at radius 1 is 1.24 bits per heavy atom. The second-order valence-electron chi connectivity index (χ2n) is 5.64. The van der Waals surface area contributed by atoms with E-state index in [2.05, 4.69) is 58.1 Å². The van der Waals surface area contributed by atoms with E-state index in [0.29, 0.717) is 6.54 Å². The lowest BCUT2D eigenvalue weighted by Crippen LogP contribution is -2.48. The fraction of sp³-hybridized carbons (Fsp3) is 0.562. The second-order valence-corrected chi connectivity index (χ2v) is 5.64. The Balaban J connectivity index is 2.09. The maximum Gasteiger partial charge on any atom is 0.406 e. The minimum atomic E-state index is -0.374. The molecule has 0 spiro atoms. The first-order chi connectivity index (χ1) is 10.1. The normalized spacial score (nSPS) is 18.2. The SMILES string of the molecule is COC(=O)NCC(c1ccc(C)cc1)N1CCN(C)CC1. The van der Waals surface area contributed by atoms with Gasteiger partial charge in [0.25, 0.3) is 0 Å². The highest BCUT2D eigenvalue weighted by Gasteiger charge is 2.24. The Bertz CT molecular complexity index is 453. The van der Waals surface area contributed by atoms with Gasteiger partial charge in [-0.2, -0.15) is 0 Å². The molecule has 116 valence electrons. The van der Waals surface area contributed by atoms with E-state index < -0.39 is 0 Å². The Morgan fingerprint density at radius 3 is 2.43 bits per heavy atom. The molecule has 1 fully saturated rings. The molecule has 1 N–H and O–H groups in total. The third-order valence-electron chi connectivity index (χ3n) is 4.07. The molecule has 21 heavy (non-hydrogen) atoms. The van der Waals surface area contributed by atoms with Crippen molar-refractivity contribution in [2.75, 3.05) is 46.9 Å². The number of carbonyl (C=O) groups excluding carboxylic acids is 1. The molecule has 1 heterocycles. The van der Waals surface area contributed by atoms with E-state index in [1.165, 1.54) is 18.2 Å². The van der Waals surface area contributed by atoms with Crippen LogP contribution in [0.1, 0.15) is 17.2 Å². The van der Waals surface area contributed by atoms with Gasteiger partial charge in [-0.3, -0.25) is 4.90 Å². The van der Waals surface area contributed by atoms with E-state index in [9.17, 15) is 4.79 Å². The van der Waals surface area contributed by atoms with Gasteiger partial charge >= 0.3 is 6.09 Å². The lowest BCUT2D eigenvalue weighted by atomic mass is 10.0. The number of methoxy groups -OCH3 is 1. The number of nitrogens with zero attached hydrogens (tertiary/aromatic N) is 2. The number of piperazine rings is 1. The van der Waals surface area contributed by atoms with Gasteiger partial charge in [0.15, 0.2) is 0 Å². The van der Waals surface area contributed by atoms with Crippen LogP contribution in [-0.2, 0) is 4.74 Å². The number of hydrogen-bond acceptors (Lipinski definition) is 4. The number of alkyl carbamates (subject to hydrolysis) is 1. The Labute approximate surface area is 126 Å². The smallest absolute Gasteiger partial charge is 0.406 e. The maximum atomic E-state index is 11.4. The monoisotopic (exact) mass is 291 g/mol. The van der Waals surface area contributed by atoms with Gasteiger partial charge in [-0.1, -0.05) is 29.8 Å². The first-order valence-corrected chi connectivity index (χ1v) is 7.41. The molecular weight excluding hydrogens is 266 g/mol. The molecule has 1 unspecified atom stereocenters. The number of likely N-dealkylation sites (N-methyl/N-ethyl adjacent to an activating group) is 1. The van der Waals surface area contributed by atoms with Crippen LogP contribution in [0.5, 0.6) is 0 Å². The predicted octanol–water partition coefficient (Wildman–Crippen LogP) is 1.64. The highest BCUT2D eigenvalue weighted by molar-refractivity contribution is 5.66. The van der Waals surface area contributed by atoms with Gasteiger partial charge < -0.3 is 15.0 Å². The fourth-order valence-corrected chi connectivity index (χ4v) is 2.63. The summed E-state index contributed by atoms with van der Waals surface area (Å²) in [6, 6.07) is 8.74. The molecule has 5 nitrogen and oxygen atoms in total. The van der Waals surface area contributed by atoms with E-state index in [0.717, 1.165) is 26.2 Å². The van der Waals surface area contributed by atoms with Crippen LogP contribution < -0.4 is 5.32 Å². The van der Waals surface area contributed by atoms with Crippen molar-refractivity contribution in [3.63, 3.8) is 0 Å². The summed E-state index contributed by atoms with van der Waals surface area (Å²) in [7, 11) is 3.54. The van der Waals surface area contributed by atoms with Crippen LogP contribution in [-0.4, -0.2) is 62.8 Å². The topological polar surface area (TPSA) is 44.8 Å². The molecular formula is C16H25N3O2. The zero-order chi connectivity index (χ0) is 15.2. The predicted molar refractivity (Wildman–Crippen MR) is 83.4 cm³/mol. The molecule has 2 rings (SSSR count). The van der Waals surface area contributed by atoms with Gasteiger partial charge in [0, 0.05) is 32.7 Å². The van der Waals surface area contributed by atoms with Crippen molar-refractivity contribution in [3.8, 4) is 0 Å². The first kappa shape index (κ1) is 15.8. The number of nitrogens with one attached hydrogen (secondary N) is 1. The van der Waals surface area contributed by atoms with Gasteiger partial charge in [0.1, 0.15) is 0 Å². The summed E-state index contributed by atoms with van der Waals surface area (Å²) in [4.78, 5) is 16.1. The molecule has 0 bridgehead atoms. The van der Waals surface area contributed by atoms with Crippen molar-refractivity contribution >= 4 is 6.09 Å². The molecule has 1 aromatic rings. The molecule has 1 saturated heterocycles. The number of carbonyl (C=O) groups is 1. The zero-order valence-electron chi connectivity index (χ0n) is 13.1. The minimum absolute atomic E-state index is 0.193. The summed E-state index contributed by atoms with van der Waals surface area (Å²) in [6.45, 7) is 6.79. The van der Waals surface area contributed by atoms with E-state index in [-0.39, 0.29) is 12.1 Å². The average molecular weight is 291 g/mol. The molecule has 0 aromatic heterocycles. The largest absolute Gasteiger partial charge is 0.453 e. The summed E-state index contributed by atoms with van der Waals surface area (Å²) >= 11 is 0. The highest BCUT2D eigenvalue weighted by Crippen LogP contribution is 2.22. The summed E-state index contributed by atoms with van der Waals surface area (Å²) in [5, 5.41) is 2.84. The van der Waals surface area contributed by atoms with Crippen molar-refractivity contribution in [1.82, 2.24) is 15.1 Å². The summed E-state index contributed by atoms with van der Waals surface area (Å²) in [6.07, 6.45) is -0.374. The molecule has 1 aliphatic heterocycles. The van der Waals surface area contributed by atoms with E-state index in [4.69, 9.17) is 0 Å². The molecule has 0 saturated carbocycles. The number of benzene rings is 1. The maximum absolute atomic E-state index is 11.4. The molecule has 1 aliphatic rings. The lowest BCUT2D eigenvalue weighted by Gasteiger charge is -2.38. The summed E-state index contributed by atoms with van der Waals surface area (Å²) in [5.74, 6) is 0. The van der Waals surface area contributed by atoms with Crippen LogP contribution in [0.15, 0.2) is 24.3 Å². The van der Waals surface area contributed by atoms with Gasteiger partial charge in [0.05, 0.1) is 13.2 Å². The number of ether oxygens (including phenoxy) is 1. The van der Waals surface area contributed by atoms with Crippen molar-refractivity contribution in [2.24, 2.45) is 0 Å². The highest BCUT2D eigenvalue weighted by atomic mass is 16.5. The van der Waals surface area contributed by atoms with Crippen LogP contribution >= 0.6 is 0 Å². The average Bonchev–Trinajstić information content (AvgIpc) is 2.50. The van der Waals surface area contributed by atoms with Crippen LogP contribution in [0.4, 0.5) is 4.79 Å². The Hall–Kier alpha value is -1.59. The molecule has 1 amide bonds. The third kappa shape index (κ3) is 4.44. The van der Waals surface area contributed by atoms with Crippen molar-refractivity contribution < 1.29 is 9.53 Å². The second kappa shape index (κ2) is 7.43. The summed E-state index contributed by atoms with van der Waals surface area (Å²) < 4.78 is 4.68. The first-order valence-electron chi connectivity index (χ1n) is 7.41. The molecule has 1 atom stereocenters. The van der Waals surface area contributed by atoms with Gasteiger partial charge in [-0.15, -0.1) is 0 Å². The standard InChI is InChI=1S/C16H25N3O2/c1-13-4-6-14(7-5-13)15(12-17-16(20)21-3)19-10-8-18(2)9-11-19/h4-7,15H,8-12H2,1-3H3,(H,17,20).